The van der Waals surface area contributed by atoms with Crippen molar-refractivity contribution < 1.29 is 56.7 Å². The maximum Gasteiger partial charge on any atom is 0.573 e. The molecule has 2 N–H and O–H groups in total. The van der Waals surface area contributed by atoms with E-state index in [4.69, 9.17) is 0 Å². The summed E-state index contributed by atoms with van der Waals surface area (Å²) in [6.07, 6.45) is -9.94. The third-order valence-electron chi connectivity index (χ3n) is 5.54. The molecule has 7 nitrogen and oxygen atoms in total. The molecule has 0 aromatic heterocycles. The second kappa shape index (κ2) is 11.4. The Balaban J connectivity index is 1.76. The minimum Gasteiger partial charge on any atom is -0.406 e. The fourth-order valence-electron chi connectivity index (χ4n) is 3.69. The fourth-order valence-corrected chi connectivity index (χ4v) is 5.88. The predicted octanol–water partition coefficient (Wildman–Crippen LogP) is 7.15. The second-order valence-electron chi connectivity index (χ2n) is 8.67. The van der Waals surface area contributed by atoms with Gasteiger partial charge in [-0.15, -0.1) is 13.2 Å². The molecule has 0 amide bonds. The number of alkyl halides is 6. The van der Waals surface area contributed by atoms with Crippen LogP contribution in [0.3, 0.4) is 0 Å². The fraction of sp³-hybridized carbons (Fsp3) is 0.0769. The van der Waals surface area contributed by atoms with Crippen LogP contribution in [0.4, 0.5) is 46.5 Å². The van der Waals surface area contributed by atoms with Gasteiger partial charge in [0.05, 0.1) is 26.7 Å². The third kappa shape index (κ3) is 7.92. The Labute approximate surface area is 238 Å². The molecule has 0 saturated heterocycles. The van der Waals surface area contributed by atoms with E-state index in [1.165, 1.54) is 0 Å². The van der Waals surface area contributed by atoms with Crippen LogP contribution in [0.15, 0.2) is 94.7 Å². The number of halogens is 8. The lowest BCUT2D eigenvalue weighted by atomic mass is 10.0. The summed E-state index contributed by atoms with van der Waals surface area (Å²) in [6, 6.07) is 11.1. The van der Waals surface area contributed by atoms with Crippen LogP contribution in [0.1, 0.15) is 5.56 Å². The summed E-state index contributed by atoms with van der Waals surface area (Å²) < 4.78 is 164. The topological polar surface area (TPSA) is 102 Å². The lowest BCUT2D eigenvalue weighted by molar-refractivity contribution is -0.274. The number of sulfonamides is 2. The summed E-state index contributed by atoms with van der Waals surface area (Å²) in [4.78, 5) is -1.43. The van der Waals surface area contributed by atoms with Crippen LogP contribution >= 0.6 is 0 Å². The van der Waals surface area contributed by atoms with E-state index in [1.807, 2.05) is 9.44 Å². The van der Waals surface area contributed by atoms with Crippen molar-refractivity contribution >= 4 is 31.4 Å². The average Bonchev–Trinajstić information content (AvgIpc) is 2.88. The minimum absolute atomic E-state index is 0.0308. The first kappa shape index (κ1) is 31.6. The molecule has 0 aliphatic heterocycles. The Morgan fingerprint density at radius 3 is 1.74 bits per heavy atom. The molecule has 0 unspecified atom stereocenters. The van der Waals surface area contributed by atoms with Crippen molar-refractivity contribution in [2.75, 3.05) is 9.44 Å². The van der Waals surface area contributed by atoms with Crippen molar-refractivity contribution in [2.45, 2.75) is 22.3 Å². The summed E-state index contributed by atoms with van der Waals surface area (Å²) in [7, 11) is -9.46. The lowest BCUT2D eigenvalue weighted by Crippen LogP contribution is -2.19. The molecule has 43 heavy (non-hydrogen) atoms. The Bertz CT molecular complexity index is 1860. The van der Waals surface area contributed by atoms with Crippen LogP contribution in [0, 0.1) is 11.6 Å². The minimum atomic E-state index is -5.04. The highest BCUT2D eigenvalue weighted by Crippen LogP contribution is 2.35. The number of hydrogen-bond donors (Lipinski definition) is 2. The molecule has 4 aromatic carbocycles. The predicted molar refractivity (Wildman–Crippen MR) is 138 cm³/mol. The zero-order valence-corrected chi connectivity index (χ0v) is 22.6. The summed E-state index contributed by atoms with van der Waals surface area (Å²) in [6.45, 7) is 0. The summed E-state index contributed by atoms with van der Waals surface area (Å²) >= 11 is 0. The average molecular weight is 653 g/mol. The monoisotopic (exact) mass is 652 g/mol. The normalized spacial score (nSPS) is 12.6. The maximum atomic E-state index is 13.8. The summed E-state index contributed by atoms with van der Waals surface area (Å²) in [5.41, 5.74) is -2.49. The number of anilines is 2. The number of benzene rings is 4. The number of hydrogen-bond acceptors (Lipinski definition) is 5. The SMILES string of the molecule is O=S(=O)(Nc1ccc(-c2cc(F)cc(F)c2)cc1NS(=O)(=O)c1cccc(C(F)(F)F)c1)c1ccc(OC(F)(F)F)cc1. The van der Waals surface area contributed by atoms with E-state index >= 15 is 0 Å². The summed E-state index contributed by atoms with van der Waals surface area (Å²) in [5.74, 6) is -2.72. The zero-order valence-electron chi connectivity index (χ0n) is 21.0. The highest BCUT2D eigenvalue weighted by molar-refractivity contribution is 7.93. The molecule has 0 bridgehead atoms. The van der Waals surface area contributed by atoms with Gasteiger partial charge in [0, 0.05) is 6.07 Å². The first-order chi connectivity index (χ1) is 19.8. The van der Waals surface area contributed by atoms with Crippen LogP contribution in [-0.4, -0.2) is 23.2 Å². The van der Waals surface area contributed by atoms with Gasteiger partial charge < -0.3 is 4.74 Å². The van der Waals surface area contributed by atoms with Gasteiger partial charge >= 0.3 is 12.5 Å². The third-order valence-corrected chi connectivity index (χ3v) is 8.29. The van der Waals surface area contributed by atoms with Gasteiger partial charge in [-0.3, -0.25) is 9.44 Å². The smallest absolute Gasteiger partial charge is 0.406 e. The van der Waals surface area contributed by atoms with Crippen molar-refractivity contribution in [2.24, 2.45) is 0 Å². The number of rotatable bonds is 8. The van der Waals surface area contributed by atoms with Crippen LogP contribution in [0.2, 0.25) is 0 Å². The largest absolute Gasteiger partial charge is 0.573 e. The van der Waals surface area contributed by atoms with Crippen molar-refractivity contribution in [3.05, 3.63) is 102 Å². The van der Waals surface area contributed by atoms with Crippen molar-refractivity contribution in [3.63, 3.8) is 0 Å². The molecule has 0 atom stereocenters. The van der Waals surface area contributed by atoms with Gasteiger partial charge in [-0.05, 0) is 77.9 Å². The van der Waals surface area contributed by atoms with Crippen molar-refractivity contribution in [1.82, 2.24) is 0 Å². The zero-order chi connectivity index (χ0) is 31.8. The maximum absolute atomic E-state index is 13.8. The molecule has 4 rings (SSSR count). The van der Waals surface area contributed by atoms with E-state index in [0.717, 1.165) is 54.6 Å². The Kier molecular flexibility index (Phi) is 8.34. The second-order valence-corrected chi connectivity index (χ2v) is 12.0. The molecule has 17 heteroatoms. The quantitative estimate of drug-likeness (QED) is 0.197. The van der Waals surface area contributed by atoms with Gasteiger partial charge in [0.15, 0.2) is 0 Å². The molecular formula is C26H16F8N2O5S2. The van der Waals surface area contributed by atoms with Crippen LogP contribution < -0.4 is 14.2 Å². The molecule has 0 saturated carbocycles. The summed E-state index contributed by atoms with van der Waals surface area (Å²) in [5, 5.41) is 0. The molecule has 0 fully saturated rings. The van der Waals surface area contributed by atoms with Gasteiger partial charge in [-0.2, -0.15) is 13.2 Å². The Morgan fingerprint density at radius 1 is 0.581 bits per heavy atom. The first-order valence-corrected chi connectivity index (χ1v) is 14.5. The lowest BCUT2D eigenvalue weighted by Gasteiger charge is -2.17. The van der Waals surface area contributed by atoms with Crippen molar-refractivity contribution in [3.8, 4) is 16.9 Å². The Morgan fingerprint density at radius 2 is 1.16 bits per heavy atom. The van der Waals surface area contributed by atoms with E-state index < -0.39 is 76.7 Å². The highest BCUT2D eigenvalue weighted by Gasteiger charge is 2.32. The highest BCUT2D eigenvalue weighted by atomic mass is 32.2. The standard InChI is InChI=1S/C26H16F8N2O5S2/c27-18-10-16(11-19(28)14-18)15-4-9-23(35-42(37,38)21-7-5-20(6-8-21)41-26(32,33)34)24(12-15)36-43(39,40)22-3-1-2-17(13-22)25(29,30)31/h1-14,35-36H. The Hall–Kier alpha value is -4.38. The van der Waals surface area contributed by atoms with E-state index in [9.17, 15) is 52.0 Å². The van der Waals surface area contributed by atoms with Crippen LogP contribution in [-0.2, 0) is 26.2 Å². The van der Waals surface area contributed by atoms with Gasteiger partial charge in [-0.25, -0.2) is 25.6 Å². The van der Waals surface area contributed by atoms with Gasteiger partial charge in [0.25, 0.3) is 20.0 Å². The van der Waals surface area contributed by atoms with E-state index in [1.54, 1.807) is 0 Å². The number of ether oxygens (including phenoxy) is 1. The molecule has 4 aromatic rings. The van der Waals surface area contributed by atoms with Gasteiger partial charge in [0.2, 0.25) is 0 Å². The molecule has 0 aliphatic rings. The molecule has 0 spiro atoms. The molecule has 0 aliphatic carbocycles. The molecule has 0 heterocycles. The van der Waals surface area contributed by atoms with Crippen molar-refractivity contribution in [1.29, 1.82) is 0 Å². The van der Waals surface area contributed by atoms with Gasteiger partial charge in [0.1, 0.15) is 17.4 Å². The molecule has 0 radical (unpaired) electrons. The number of nitrogens with one attached hydrogen (secondary N) is 2. The van der Waals surface area contributed by atoms with Crippen LogP contribution in [0.5, 0.6) is 5.75 Å². The molecule has 228 valence electrons. The van der Waals surface area contributed by atoms with Gasteiger partial charge in [-0.1, -0.05) is 12.1 Å². The van der Waals surface area contributed by atoms with Crippen LogP contribution in [0.25, 0.3) is 11.1 Å². The van der Waals surface area contributed by atoms with E-state index in [2.05, 4.69) is 4.74 Å². The van der Waals surface area contributed by atoms with E-state index in [0.29, 0.717) is 30.3 Å². The first-order valence-electron chi connectivity index (χ1n) is 11.5. The van der Waals surface area contributed by atoms with E-state index in [-0.39, 0.29) is 11.1 Å². The molecular weight excluding hydrogens is 636 g/mol.